The summed E-state index contributed by atoms with van der Waals surface area (Å²) in [5.74, 6) is -2.37. The number of ether oxygens (including phenoxy) is 1. The van der Waals surface area contributed by atoms with Crippen molar-refractivity contribution in [1.29, 1.82) is 0 Å². The van der Waals surface area contributed by atoms with Gasteiger partial charge >= 0.3 is 0 Å². The third-order valence-corrected chi connectivity index (χ3v) is 9.18. The zero-order chi connectivity index (χ0) is 28.7. The molecule has 3 fully saturated rings. The average Bonchev–Trinajstić information content (AvgIpc) is 3.48. The molecule has 3 aliphatic rings. The summed E-state index contributed by atoms with van der Waals surface area (Å²) in [4.78, 5) is 47.3. The van der Waals surface area contributed by atoms with Crippen LogP contribution in [0.1, 0.15) is 32.8 Å². The van der Waals surface area contributed by atoms with E-state index in [2.05, 4.69) is 29.1 Å². The molecule has 3 aliphatic heterocycles. The maximum atomic E-state index is 14.6. The molecule has 0 aromatic heterocycles. The van der Waals surface area contributed by atoms with Crippen LogP contribution in [0.5, 0.6) is 0 Å². The van der Waals surface area contributed by atoms with Crippen LogP contribution in [0.4, 0.5) is 0 Å². The first-order valence-corrected chi connectivity index (χ1v) is 14.4. The number of aliphatic hydroxyl groups is 1. The van der Waals surface area contributed by atoms with E-state index in [4.69, 9.17) is 4.74 Å². The molecule has 2 bridgehead atoms. The molecule has 7 atom stereocenters. The lowest BCUT2D eigenvalue weighted by Gasteiger charge is -2.43. The molecule has 1 aromatic rings. The number of amides is 3. The number of nitrogens with zero attached hydrogens (tertiary/aromatic N) is 3. The van der Waals surface area contributed by atoms with Gasteiger partial charge in [0.1, 0.15) is 11.6 Å². The fourth-order valence-corrected chi connectivity index (χ4v) is 7.61. The van der Waals surface area contributed by atoms with Crippen LogP contribution >= 0.6 is 15.9 Å². The first-order valence-electron chi connectivity index (χ1n) is 13.5. The van der Waals surface area contributed by atoms with Crippen LogP contribution < -0.4 is 0 Å². The van der Waals surface area contributed by atoms with Crippen LogP contribution in [-0.4, -0.2) is 98.4 Å². The van der Waals surface area contributed by atoms with E-state index in [1.807, 2.05) is 51.1 Å². The fraction of sp³-hybridized carbons (Fsp3) is 0.567. The highest BCUT2D eigenvalue weighted by Gasteiger charge is 2.77. The van der Waals surface area contributed by atoms with Gasteiger partial charge in [-0.2, -0.15) is 0 Å². The summed E-state index contributed by atoms with van der Waals surface area (Å²) in [5.41, 5.74) is -0.824. The van der Waals surface area contributed by atoms with E-state index in [0.29, 0.717) is 19.4 Å². The van der Waals surface area contributed by atoms with Crippen molar-refractivity contribution in [3.8, 4) is 0 Å². The minimum absolute atomic E-state index is 0.202. The summed E-state index contributed by atoms with van der Waals surface area (Å²) in [6.45, 7) is 13.7. The van der Waals surface area contributed by atoms with Crippen LogP contribution in [0, 0.1) is 11.8 Å². The number of likely N-dealkylation sites (tertiary alicyclic amines) is 1. The van der Waals surface area contributed by atoms with E-state index in [9.17, 15) is 19.5 Å². The van der Waals surface area contributed by atoms with Crippen molar-refractivity contribution in [2.24, 2.45) is 11.8 Å². The lowest BCUT2D eigenvalue weighted by molar-refractivity contribution is -0.154. The minimum atomic E-state index is -1.20. The van der Waals surface area contributed by atoms with E-state index < -0.39 is 41.2 Å². The minimum Gasteiger partial charge on any atom is -0.394 e. The third-order valence-electron chi connectivity index (χ3n) is 8.33. The predicted octanol–water partition coefficient (Wildman–Crippen LogP) is 2.80. The van der Waals surface area contributed by atoms with Crippen LogP contribution in [0.3, 0.4) is 0 Å². The van der Waals surface area contributed by atoms with E-state index in [1.165, 1.54) is 4.90 Å². The van der Waals surface area contributed by atoms with E-state index >= 15 is 0 Å². The van der Waals surface area contributed by atoms with Gasteiger partial charge in [-0.1, -0.05) is 58.4 Å². The van der Waals surface area contributed by atoms with E-state index in [-0.39, 0.29) is 35.7 Å². The molecule has 1 N–H and O–H groups in total. The van der Waals surface area contributed by atoms with Gasteiger partial charge in [-0.05, 0) is 39.2 Å². The molecule has 0 radical (unpaired) electrons. The van der Waals surface area contributed by atoms with Crippen molar-refractivity contribution in [2.75, 3.05) is 26.7 Å². The molecule has 3 amide bonds. The molecule has 3 saturated heterocycles. The molecular formula is C30H40BrN3O5. The smallest absolute Gasteiger partial charge is 0.249 e. The number of hydrogen-bond donors (Lipinski definition) is 1. The van der Waals surface area contributed by atoms with Gasteiger partial charge in [0.15, 0.2) is 0 Å². The number of carbonyl (C=O) groups excluding carboxylic acids is 3. The molecule has 212 valence electrons. The lowest BCUT2D eigenvalue weighted by Crippen LogP contribution is -2.62. The van der Waals surface area contributed by atoms with Crippen molar-refractivity contribution >= 4 is 33.7 Å². The summed E-state index contributed by atoms with van der Waals surface area (Å²) in [6.07, 6.45) is 3.54. The third kappa shape index (κ3) is 4.98. The second kappa shape index (κ2) is 11.2. The van der Waals surface area contributed by atoms with Gasteiger partial charge in [0.25, 0.3) is 0 Å². The summed E-state index contributed by atoms with van der Waals surface area (Å²) < 4.78 is 6.64. The maximum absolute atomic E-state index is 14.6. The summed E-state index contributed by atoms with van der Waals surface area (Å²) in [6, 6.07) is 7.92. The quantitative estimate of drug-likeness (QED) is 0.329. The molecule has 9 heteroatoms. The maximum Gasteiger partial charge on any atom is 0.249 e. The Kier molecular flexibility index (Phi) is 8.45. The number of fused-ring (bicyclic) bond motifs is 1. The molecule has 0 saturated carbocycles. The molecule has 3 unspecified atom stereocenters. The van der Waals surface area contributed by atoms with E-state index in [0.717, 1.165) is 5.56 Å². The van der Waals surface area contributed by atoms with Gasteiger partial charge in [-0.25, -0.2) is 0 Å². The van der Waals surface area contributed by atoms with Gasteiger partial charge in [-0.3, -0.25) is 14.4 Å². The van der Waals surface area contributed by atoms with Gasteiger partial charge < -0.3 is 24.5 Å². The topological polar surface area (TPSA) is 90.4 Å². The number of halogens is 1. The molecule has 1 aromatic carbocycles. The molecule has 4 rings (SSSR count). The summed E-state index contributed by atoms with van der Waals surface area (Å²) >= 11 is 3.72. The molecule has 0 aliphatic carbocycles. The number of alkyl halides is 1. The number of aliphatic hydroxyl groups excluding tert-OH is 1. The number of hydrogen-bond acceptors (Lipinski definition) is 5. The zero-order valence-electron chi connectivity index (χ0n) is 23.3. The second-order valence-electron chi connectivity index (χ2n) is 11.9. The molecule has 8 nitrogen and oxygen atoms in total. The largest absolute Gasteiger partial charge is 0.394 e. The predicted molar refractivity (Wildman–Crippen MR) is 153 cm³/mol. The molecule has 1 spiro atoms. The fourth-order valence-electron chi connectivity index (χ4n) is 6.67. The Bertz CT molecular complexity index is 1120. The van der Waals surface area contributed by atoms with Crippen LogP contribution in [0.25, 0.3) is 0 Å². The highest BCUT2D eigenvalue weighted by molar-refractivity contribution is 9.09. The van der Waals surface area contributed by atoms with Crippen molar-refractivity contribution < 1.29 is 24.2 Å². The number of likely N-dealkylation sites (N-methyl/N-ethyl adjacent to an activating group) is 1. The summed E-state index contributed by atoms with van der Waals surface area (Å²) in [7, 11) is 1.68. The molecule has 3 heterocycles. The summed E-state index contributed by atoms with van der Waals surface area (Å²) in [5, 5.41) is 10.6. The normalized spacial score (nSPS) is 30.2. The highest BCUT2D eigenvalue weighted by Crippen LogP contribution is 2.61. The second-order valence-corrected chi connectivity index (χ2v) is 13.0. The van der Waals surface area contributed by atoms with Gasteiger partial charge in [0.2, 0.25) is 17.7 Å². The van der Waals surface area contributed by atoms with Crippen molar-refractivity contribution in [2.45, 2.75) is 67.8 Å². The zero-order valence-corrected chi connectivity index (χ0v) is 24.8. The Morgan fingerprint density at radius 2 is 1.85 bits per heavy atom. The van der Waals surface area contributed by atoms with Crippen molar-refractivity contribution in [1.82, 2.24) is 14.7 Å². The van der Waals surface area contributed by atoms with Crippen molar-refractivity contribution in [3.05, 3.63) is 61.2 Å². The Morgan fingerprint density at radius 3 is 2.41 bits per heavy atom. The van der Waals surface area contributed by atoms with Crippen LogP contribution in [-0.2, 0) is 25.5 Å². The number of rotatable bonds is 10. The van der Waals surface area contributed by atoms with Crippen molar-refractivity contribution in [3.63, 3.8) is 0 Å². The first-order chi connectivity index (χ1) is 18.4. The average molecular weight is 603 g/mol. The first kappa shape index (κ1) is 29.5. The number of carbonyl (C=O) groups is 3. The molecule has 39 heavy (non-hydrogen) atoms. The Labute approximate surface area is 239 Å². The van der Waals surface area contributed by atoms with Gasteiger partial charge in [-0.15, -0.1) is 13.2 Å². The molecular weight excluding hydrogens is 562 g/mol. The Balaban J connectivity index is 1.84. The van der Waals surface area contributed by atoms with Gasteiger partial charge in [0.05, 0.1) is 30.6 Å². The standard InChI is InChI=1S/C30H40BrN3O5/c1-7-14-32(6)26(36)22-23-27(37)34(20(18-35)16-19-12-10-9-11-13-19)25(30(23)17-21(31)24(22)39-30)28(38)33(15-8-2)29(3,4)5/h7-13,20-25,35H,1-2,14-18H2,3-6H3/t20-,21?,22-,23+,24-,25?,30?/m1/s1. The monoisotopic (exact) mass is 601 g/mol. The number of benzene rings is 1. The SMILES string of the molecule is C=CCN(C)C(=O)[C@H]1[C@@H]2OC3(CC2Br)C(C(=O)N(CC=C)C(C)(C)C)N([C@@H](CO)Cc2ccccc2)C(=O)[C@H]13. The van der Waals surface area contributed by atoms with E-state index in [1.54, 1.807) is 29.0 Å². The van der Waals surface area contributed by atoms with Crippen LogP contribution in [0.15, 0.2) is 55.6 Å². The Morgan fingerprint density at radius 1 is 1.21 bits per heavy atom. The van der Waals surface area contributed by atoms with Gasteiger partial charge in [0, 0.05) is 30.5 Å². The Hall–Kier alpha value is -2.49. The lowest BCUT2D eigenvalue weighted by atomic mass is 9.70. The highest BCUT2D eigenvalue weighted by atomic mass is 79.9. The van der Waals surface area contributed by atoms with Crippen LogP contribution in [0.2, 0.25) is 0 Å².